The van der Waals surface area contributed by atoms with Crippen LogP contribution in [0, 0.1) is 6.92 Å². The van der Waals surface area contributed by atoms with Gasteiger partial charge in [-0.15, -0.1) is 0 Å². The molecule has 0 aliphatic rings. The number of aromatic carboxylic acids is 1. The number of hydrogen-bond donors (Lipinski definition) is 5. The van der Waals surface area contributed by atoms with E-state index in [9.17, 15) is 15.0 Å². The molecule has 2 aromatic carbocycles. The molecular weight excluding hydrogens is 505 g/mol. The smallest absolute Gasteiger partial charge is 0.337 e. The van der Waals surface area contributed by atoms with Crippen molar-refractivity contribution in [3.8, 4) is 11.3 Å². The molecule has 0 unspecified atom stereocenters. The van der Waals surface area contributed by atoms with Crippen LogP contribution in [-0.2, 0) is 6.54 Å². The summed E-state index contributed by atoms with van der Waals surface area (Å²) >= 11 is 12.4. The molecule has 0 bridgehead atoms. The van der Waals surface area contributed by atoms with Crippen LogP contribution in [0.3, 0.4) is 0 Å². The Morgan fingerprint density at radius 1 is 1.08 bits per heavy atom. The third-order valence-electron chi connectivity index (χ3n) is 5.15. The van der Waals surface area contributed by atoms with Gasteiger partial charge in [0.2, 0.25) is 5.89 Å². The van der Waals surface area contributed by atoms with Crippen LogP contribution in [0.2, 0.25) is 10.0 Å². The molecule has 2 aromatic heterocycles. The van der Waals surface area contributed by atoms with Gasteiger partial charge in [-0.25, -0.2) is 14.8 Å². The molecule has 2 heterocycles. The van der Waals surface area contributed by atoms with Gasteiger partial charge >= 0.3 is 5.97 Å². The number of aromatic nitrogens is 2. The van der Waals surface area contributed by atoms with Crippen LogP contribution in [0.1, 0.15) is 21.9 Å². The maximum absolute atomic E-state index is 11.7. The van der Waals surface area contributed by atoms with Crippen LogP contribution in [0.25, 0.3) is 11.3 Å². The number of hydrogen-bond acceptors (Lipinski definition) is 8. The summed E-state index contributed by atoms with van der Waals surface area (Å²) in [5, 5.41) is 29.4. The second-order valence-corrected chi connectivity index (χ2v) is 8.60. The number of benzene rings is 2. The summed E-state index contributed by atoms with van der Waals surface area (Å²) in [5.41, 5.74) is 3.01. The van der Waals surface area contributed by atoms with Crippen molar-refractivity contribution in [2.75, 3.05) is 29.1 Å². The molecule has 0 atom stereocenters. The maximum Gasteiger partial charge on any atom is 0.337 e. The lowest BCUT2D eigenvalue weighted by molar-refractivity contribution is 0.0698. The number of aliphatic hydroxyl groups excluding tert-OH is 1. The quantitative estimate of drug-likeness (QED) is 0.173. The van der Waals surface area contributed by atoms with Crippen LogP contribution in [0.15, 0.2) is 59.1 Å². The van der Waals surface area contributed by atoms with Crippen molar-refractivity contribution in [3.05, 3.63) is 81.9 Å². The number of carbonyl (C=O) groups is 1. The number of nitrogens with zero attached hydrogens (tertiary/aromatic N) is 2. The van der Waals surface area contributed by atoms with Crippen molar-refractivity contribution >= 4 is 52.1 Å². The molecule has 36 heavy (non-hydrogen) atoms. The zero-order chi connectivity index (χ0) is 25.7. The molecule has 0 fully saturated rings. The van der Waals surface area contributed by atoms with Crippen molar-refractivity contribution in [2.45, 2.75) is 13.5 Å². The van der Waals surface area contributed by atoms with Gasteiger partial charge in [-0.1, -0.05) is 35.3 Å². The van der Waals surface area contributed by atoms with Gasteiger partial charge in [-0.2, -0.15) is 0 Å². The number of carboxylic acids is 1. The molecule has 5 N–H and O–H groups in total. The first kappa shape index (κ1) is 25.3. The second-order valence-electron chi connectivity index (χ2n) is 7.76. The van der Waals surface area contributed by atoms with E-state index in [1.54, 1.807) is 42.6 Å². The highest BCUT2D eigenvalue weighted by atomic mass is 35.5. The van der Waals surface area contributed by atoms with E-state index < -0.39 is 5.97 Å². The molecule has 186 valence electrons. The number of anilines is 4. The second kappa shape index (κ2) is 11.3. The fourth-order valence-electron chi connectivity index (χ4n) is 3.55. The van der Waals surface area contributed by atoms with Crippen molar-refractivity contribution in [2.24, 2.45) is 0 Å². The number of para-hydroxylation sites is 1. The third-order valence-corrected chi connectivity index (χ3v) is 5.71. The SMILES string of the molecule is Cc1cc(NCCO)c(NCc2ncc(-c3cc(Cl)ccc3Cl)o2)c(Nc2ccccc2C(=O)O)n1. The number of carboxylic acid groups (broad SMARTS) is 1. The third kappa shape index (κ3) is 5.88. The number of aliphatic hydroxyl groups is 1. The molecule has 11 heteroatoms. The Morgan fingerprint density at radius 2 is 1.89 bits per heavy atom. The zero-order valence-corrected chi connectivity index (χ0v) is 20.7. The van der Waals surface area contributed by atoms with Crippen LogP contribution >= 0.6 is 23.2 Å². The summed E-state index contributed by atoms with van der Waals surface area (Å²) in [6.07, 6.45) is 1.56. The Balaban J connectivity index is 1.65. The molecule has 0 saturated heterocycles. The van der Waals surface area contributed by atoms with Gasteiger partial charge in [0.15, 0.2) is 11.6 Å². The van der Waals surface area contributed by atoms with E-state index in [-0.39, 0.29) is 18.7 Å². The van der Waals surface area contributed by atoms with Crippen LogP contribution in [0.5, 0.6) is 0 Å². The predicted molar refractivity (Wildman–Crippen MR) is 141 cm³/mol. The molecule has 0 aliphatic heterocycles. The van der Waals surface area contributed by atoms with E-state index in [0.29, 0.717) is 62.4 Å². The minimum atomic E-state index is -1.06. The number of halogens is 2. The van der Waals surface area contributed by atoms with Gasteiger partial charge in [0.05, 0.1) is 41.3 Å². The van der Waals surface area contributed by atoms with Gasteiger partial charge in [-0.05, 0) is 43.3 Å². The molecule has 0 amide bonds. The lowest BCUT2D eigenvalue weighted by Gasteiger charge is -2.19. The molecule has 4 rings (SSSR count). The normalized spacial score (nSPS) is 10.8. The monoisotopic (exact) mass is 527 g/mol. The van der Waals surface area contributed by atoms with Crippen molar-refractivity contribution in [1.82, 2.24) is 9.97 Å². The van der Waals surface area contributed by atoms with E-state index in [0.717, 1.165) is 0 Å². The molecule has 0 saturated carbocycles. The first-order valence-corrected chi connectivity index (χ1v) is 11.7. The lowest BCUT2D eigenvalue weighted by Crippen LogP contribution is -2.13. The average Bonchev–Trinajstić information content (AvgIpc) is 3.32. The Labute approximate surface area is 217 Å². The van der Waals surface area contributed by atoms with E-state index in [1.807, 2.05) is 13.0 Å². The Bertz CT molecular complexity index is 1390. The number of aryl methyl sites for hydroxylation is 1. The Morgan fingerprint density at radius 3 is 2.67 bits per heavy atom. The summed E-state index contributed by atoms with van der Waals surface area (Å²) in [5.74, 6) is 0.181. The first-order valence-electron chi connectivity index (χ1n) is 11.0. The van der Waals surface area contributed by atoms with Crippen LogP contribution in [0.4, 0.5) is 22.9 Å². The maximum atomic E-state index is 11.7. The van der Waals surface area contributed by atoms with Gasteiger partial charge in [-0.3, -0.25) is 0 Å². The van der Waals surface area contributed by atoms with Crippen molar-refractivity contribution in [1.29, 1.82) is 0 Å². The van der Waals surface area contributed by atoms with E-state index >= 15 is 0 Å². The van der Waals surface area contributed by atoms with E-state index in [1.165, 1.54) is 6.07 Å². The highest BCUT2D eigenvalue weighted by Gasteiger charge is 2.17. The van der Waals surface area contributed by atoms with Gasteiger partial charge in [0, 0.05) is 22.8 Å². The van der Waals surface area contributed by atoms with Gasteiger partial charge in [0.25, 0.3) is 0 Å². The van der Waals surface area contributed by atoms with E-state index in [2.05, 4.69) is 25.9 Å². The summed E-state index contributed by atoms with van der Waals surface area (Å²) < 4.78 is 5.89. The summed E-state index contributed by atoms with van der Waals surface area (Å²) in [4.78, 5) is 20.6. The number of nitrogens with one attached hydrogen (secondary N) is 3. The molecule has 9 nitrogen and oxygen atoms in total. The number of pyridine rings is 1. The Hall–Kier alpha value is -3.79. The fourth-order valence-corrected chi connectivity index (χ4v) is 3.93. The summed E-state index contributed by atoms with van der Waals surface area (Å²) in [6.45, 7) is 2.23. The fraction of sp³-hybridized carbons (Fsp3) is 0.160. The molecule has 4 aromatic rings. The van der Waals surface area contributed by atoms with Crippen LogP contribution < -0.4 is 16.0 Å². The van der Waals surface area contributed by atoms with Crippen molar-refractivity contribution < 1.29 is 19.4 Å². The number of rotatable bonds is 10. The molecule has 0 spiro atoms. The summed E-state index contributed by atoms with van der Waals surface area (Å²) in [6, 6.07) is 13.4. The Kier molecular flexibility index (Phi) is 7.94. The molecular formula is C25H23Cl2N5O4. The zero-order valence-electron chi connectivity index (χ0n) is 19.2. The van der Waals surface area contributed by atoms with Crippen LogP contribution in [-0.4, -0.2) is 39.3 Å². The largest absolute Gasteiger partial charge is 0.478 e. The molecule has 0 aliphatic carbocycles. The summed E-state index contributed by atoms with van der Waals surface area (Å²) in [7, 11) is 0. The standard InChI is InChI=1S/C25H23Cl2N5O4/c1-14-10-20(28-8-9-33)23(24(31-14)32-19-5-3-2-4-16(19)25(34)35)30-13-22-29-12-21(36-22)17-11-15(26)6-7-18(17)27/h2-7,10-12,30,33H,8-9,13H2,1H3,(H,34,35)(H2,28,31,32). The topological polar surface area (TPSA) is 133 Å². The molecule has 0 radical (unpaired) electrons. The lowest BCUT2D eigenvalue weighted by atomic mass is 10.1. The predicted octanol–water partition coefficient (Wildman–Crippen LogP) is 5.81. The minimum Gasteiger partial charge on any atom is -0.478 e. The first-order chi connectivity index (χ1) is 17.4. The van der Waals surface area contributed by atoms with Gasteiger partial charge < -0.3 is 30.6 Å². The highest BCUT2D eigenvalue weighted by Crippen LogP contribution is 2.34. The van der Waals surface area contributed by atoms with Gasteiger partial charge in [0.1, 0.15) is 5.69 Å². The average molecular weight is 528 g/mol. The highest BCUT2D eigenvalue weighted by molar-refractivity contribution is 6.35. The minimum absolute atomic E-state index is 0.0745. The van der Waals surface area contributed by atoms with E-state index in [4.69, 9.17) is 27.6 Å². The van der Waals surface area contributed by atoms with Crippen molar-refractivity contribution in [3.63, 3.8) is 0 Å². The number of oxazole rings is 1.